The first-order valence-electron chi connectivity index (χ1n) is 5.26. The maximum atomic E-state index is 11.9. The molecule has 2 N–H and O–H groups in total. The quantitative estimate of drug-likeness (QED) is 0.836. The number of anilines is 1. The van der Waals surface area contributed by atoms with Gasteiger partial charge >= 0.3 is 16.2 Å². The largest absolute Gasteiger partial charge is 0.480 e. The zero-order valence-corrected chi connectivity index (χ0v) is 11.3. The number of hydrogen-bond acceptors (Lipinski definition) is 3. The third kappa shape index (κ3) is 3.44. The van der Waals surface area contributed by atoms with Gasteiger partial charge in [-0.3, -0.25) is 9.52 Å². The summed E-state index contributed by atoms with van der Waals surface area (Å²) in [6.45, 7) is 3.08. The molecule has 0 saturated carbocycles. The fourth-order valence-corrected chi connectivity index (χ4v) is 2.29. The summed E-state index contributed by atoms with van der Waals surface area (Å²) in [5.74, 6) is -1.20. The molecule has 0 spiro atoms. The molecule has 0 saturated heterocycles. The first-order chi connectivity index (χ1) is 8.24. The number of rotatable bonds is 5. The molecule has 1 aromatic rings. The third-order valence-electron chi connectivity index (χ3n) is 2.61. The van der Waals surface area contributed by atoms with Crippen LogP contribution in [0.5, 0.6) is 0 Å². The number of carboxylic acids is 1. The summed E-state index contributed by atoms with van der Waals surface area (Å²) in [4.78, 5) is 10.5. The molecule has 0 aliphatic rings. The highest BCUT2D eigenvalue weighted by Gasteiger charge is 2.20. The van der Waals surface area contributed by atoms with Gasteiger partial charge in [-0.05, 0) is 31.0 Å². The monoisotopic (exact) mass is 272 g/mol. The molecular weight excluding hydrogens is 256 g/mol. The lowest BCUT2D eigenvalue weighted by atomic mass is 10.1. The summed E-state index contributed by atoms with van der Waals surface area (Å²) in [5, 5.41) is 8.58. The Balaban J connectivity index is 2.96. The third-order valence-corrected chi connectivity index (χ3v) is 4.04. The van der Waals surface area contributed by atoms with Crippen molar-refractivity contribution in [2.75, 3.05) is 18.3 Å². The van der Waals surface area contributed by atoms with E-state index in [1.807, 2.05) is 13.0 Å². The summed E-state index contributed by atoms with van der Waals surface area (Å²) < 4.78 is 26.8. The zero-order valence-electron chi connectivity index (χ0n) is 10.5. The van der Waals surface area contributed by atoms with Gasteiger partial charge in [-0.2, -0.15) is 12.7 Å². The topological polar surface area (TPSA) is 86.7 Å². The molecule has 0 aliphatic carbocycles. The molecule has 0 amide bonds. The van der Waals surface area contributed by atoms with Crippen LogP contribution in [0.25, 0.3) is 0 Å². The lowest BCUT2D eigenvalue weighted by Crippen LogP contribution is -2.36. The SMILES string of the molecule is Cc1cccc(NS(=O)(=O)N(C)CC(=O)O)c1C. The van der Waals surface area contributed by atoms with Crippen molar-refractivity contribution in [1.29, 1.82) is 0 Å². The van der Waals surface area contributed by atoms with E-state index in [0.29, 0.717) is 5.69 Å². The maximum Gasteiger partial charge on any atom is 0.318 e. The fourth-order valence-electron chi connectivity index (χ4n) is 1.35. The highest BCUT2D eigenvalue weighted by Crippen LogP contribution is 2.19. The molecule has 0 fully saturated rings. The molecule has 0 aliphatic heterocycles. The Morgan fingerprint density at radius 2 is 2.00 bits per heavy atom. The molecular formula is C11H16N2O4S. The molecule has 1 rings (SSSR count). The van der Waals surface area contributed by atoms with E-state index < -0.39 is 22.7 Å². The van der Waals surface area contributed by atoms with Gasteiger partial charge in [0.05, 0.1) is 5.69 Å². The summed E-state index contributed by atoms with van der Waals surface area (Å²) in [7, 11) is -2.64. The van der Waals surface area contributed by atoms with E-state index in [1.165, 1.54) is 7.05 Å². The minimum Gasteiger partial charge on any atom is -0.480 e. The second-order valence-electron chi connectivity index (χ2n) is 4.00. The van der Waals surface area contributed by atoms with Crippen LogP contribution in [0, 0.1) is 13.8 Å². The molecule has 18 heavy (non-hydrogen) atoms. The predicted octanol–water partition coefficient (Wildman–Crippen LogP) is 0.977. The molecule has 100 valence electrons. The van der Waals surface area contributed by atoms with Gasteiger partial charge in [0.2, 0.25) is 0 Å². The van der Waals surface area contributed by atoms with Crippen molar-refractivity contribution in [3.63, 3.8) is 0 Å². The number of aryl methyl sites for hydroxylation is 1. The number of benzene rings is 1. The van der Waals surface area contributed by atoms with Gasteiger partial charge in [0.15, 0.2) is 0 Å². The highest BCUT2D eigenvalue weighted by molar-refractivity contribution is 7.90. The molecule has 0 radical (unpaired) electrons. The smallest absolute Gasteiger partial charge is 0.318 e. The number of likely N-dealkylation sites (N-methyl/N-ethyl adjacent to an activating group) is 1. The highest BCUT2D eigenvalue weighted by atomic mass is 32.2. The van der Waals surface area contributed by atoms with E-state index in [-0.39, 0.29) is 0 Å². The Morgan fingerprint density at radius 1 is 1.39 bits per heavy atom. The summed E-state index contributed by atoms with van der Waals surface area (Å²) in [6.07, 6.45) is 0. The van der Waals surface area contributed by atoms with Crippen molar-refractivity contribution >= 4 is 21.9 Å². The van der Waals surface area contributed by atoms with E-state index in [9.17, 15) is 13.2 Å². The Morgan fingerprint density at radius 3 is 2.56 bits per heavy atom. The van der Waals surface area contributed by atoms with Crippen LogP contribution in [-0.2, 0) is 15.0 Å². The summed E-state index contributed by atoms with van der Waals surface area (Å²) in [6, 6.07) is 5.24. The Kier molecular flexibility index (Phi) is 4.31. The molecule has 6 nitrogen and oxygen atoms in total. The zero-order chi connectivity index (χ0) is 13.9. The van der Waals surface area contributed by atoms with Crippen LogP contribution in [0.15, 0.2) is 18.2 Å². The second-order valence-corrected chi connectivity index (χ2v) is 5.78. The van der Waals surface area contributed by atoms with Gasteiger partial charge in [-0.25, -0.2) is 0 Å². The molecule has 0 aromatic heterocycles. The lowest BCUT2D eigenvalue weighted by molar-refractivity contribution is -0.137. The van der Waals surface area contributed by atoms with Crippen LogP contribution in [0.4, 0.5) is 5.69 Å². The fraction of sp³-hybridized carbons (Fsp3) is 0.364. The van der Waals surface area contributed by atoms with E-state index in [1.54, 1.807) is 19.1 Å². The lowest BCUT2D eigenvalue weighted by Gasteiger charge is -2.18. The Hall–Kier alpha value is -1.60. The number of nitrogens with zero attached hydrogens (tertiary/aromatic N) is 1. The van der Waals surface area contributed by atoms with Crippen molar-refractivity contribution in [3.8, 4) is 0 Å². The average Bonchev–Trinajstić information content (AvgIpc) is 2.23. The molecule has 0 heterocycles. The molecule has 0 bridgehead atoms. The van der Waals surface area contributed by atoms with Crippen LogP contribution >= 0.6 is 0 Å². The van der Waals surface area contributed by atoms with Crippen LogP contribution in [0.1, 0.15) is 11.1 Å². The van der Waals surface area contributed by atoms with Gasteiger partial charge in [0.1, 0.15) is 6.54 Å². The Bertz CT molecular complexity index is 554. The van der Waals surface area contributed by atoms with Crippen LogP contribution in [0.2, 0.25) is 0 Å². The summed E-state index contributed by atoms with van der Waals surface area (Å²) >= 11 is 0. The normalized spacial score (nSPS) is 11.6. The van der Waals surface area contributed by atoms with Crippen LogP contribution in [0.3, 0.4) is 0 Å². The minimum absolute atomic E-state index is 0.451. The minimum atomic E-state index is -3.85. The van der Waals surface area contributed by atoms with Crippen LogP contribution < -0.4 is 4.72 Å². The predicted molar refractivity (Wildman–Crippen MR) is 68.7 cm³/mol. The first-order valence-corrected chi connectivity index (χ1v) is 6.70. The van der Waals surface area contributed by atoms with E-state index >= 15 is 0 Å². The maximum absolute atomic E-state index is 11.9. The van der Waals surface area contributed by atoms with Gasteiger partial charge in [-0.1, -0.05) is 12.1 Å². The summed E-state index contributed by atoms with van der Waals surface area (Å²) in [5.41, 5.74) is 2.22. The molecule has 1 aromatic carbocycles. The van der Waals surface area contributed by atoms with Crippen molar-refractivity contribution in [2.24, 2.45) is 0 Å². The second kappa shape index (κ2) is 5.36. The standard InChI is InChI=1S/C11H16N2O4S/c1-8-5-4-6-10(9(8)2)12-18(16,17)13(3)7-11(14)15/h4-6,12H,7H2,1-3H3,(H,14,15). The number of aliphatic carboxylic acids is 1. The Labute approximate surface area is 106 Å². The van der Waals surface area contributed by atoms with Gasteiger partial charge < -0.3 is 5.11 Å². The number of carboxylic acid groups (broad SMARTS) is 1. The number of carbonyl (C=O) groups is 1. The van der Waals surface area contributed by atoms with E-state index in [4.69, 9.17) is 5.11 Å². The molecule has 0 unspecified atom stereocenters. The van der Waals surface area contributed by atoms with Crippen molar-refractivity contribution in [2.45, 2.75) is 13.8 Å². The number of hydrogen-bond donors (Lipinski definition) is 2. The van der Waals surface area contributed by atoms with Gasteiger partial charge in [0.25, 0.3) is 0 Å². The van der Waals surface area contributed by atoms with Crippen molar-refractivity contribution in [3.05, 3.63) is 29.3 Å². The van der Waals surface area contributed by atoms with E-state index in [2.05, 4.69) is 4.72 Å². The molecule has 7 heteroatoms. The number of nitrogens with one attached hydrogen (secondary N) is 1. The van der Waals surface area contributed by atoms with E-state index in [0.717, 1.165) is 15.4 Å². The first kappa shape index (κ1) is 14.5. The molecule has 0 atom stereocenters. The van der Waals surface area contributed by atoms with Gasteiger partial charge in [-0.15, -0.1) is 0 Å². The van der Waals surface area contributed by atoms with Crippen molar-refractivity contribution < 1.29 is 18.3 Å². The average molecular weight is 272 g/mol. The van der Waals surface area contributed by atoms with Crippen LogP contribution in [-0.4, -0.2) is 37.4 Å². The van der Waals surface area contributed by atoms with Gasteiger partial charge in [0, 0.05) is 7.05 Å². The van der Waals surface area contributed by atoms with Crippen molar-refractivity contribution in [1.82, 2.24) is 4.31 Å².